The molecular weight excluding hydrogens is 292 g/mol. The average Bonchev–Trinajstić information content (AvgIpc) is 2.91. The number of imidazole rings is 1. The van der Waals surface area contributed by atoms with Crippen LogP contribution in [0.15, 0.2) is 18.2 Å². The maximum atomic E-state index is 11.4. The third-order valence-corrected chi connectivity index (χ3v) is 4.71. The number of aliphatic hydroxyl groups is 1. The average molecular weight is 316 g/mol. The zero-order chi connectivity index (χ0) is 16.4. The number of hydrogen-bond acceptors (Lipinski definition) is 4. The summed E-state index contributed by atoms with van der Waals surface area (Å²) in [6.45, 7) is 1.68. The van der Waals surface area contributed by atoms with E-state index in [9.17, 15) is 9.90 Å². The summed E-state index contributed by atoms with van der Waals surface area (Å²) in [7, 11) is 1.93. The van der Waals surface area contributed by atoms with Crippen LogP contribution in [0.4, 0.5) is 0 Å². The first kappa shape index (κ1) is 16.0. The number of nitrogens with zero attached hydrogens (tertiary/aromatic N) is 2. The van der Waals surface area contributed by atoms with E-state index in [1.807, 2.05) is 13.1 Å². The Hall–Kier alpha value is -1.92. The van der Waals surface area contributed by atoms with Gasteiger partial charge in [0.2, 0.25) is 5.91 Å². The lowest BCUT2D eigenvalue weighted by Crippen LogP contribution is -2.22. The number of aromatic nitrogens is 2. The van der Waals surface area contributed by atoms with Crippen LogP contribution in [-0.2, 0) is 6.54 Å². The number of nitrogens with one attached hydrogen (secondary N) is 1. The molecule has 6 nitrogen and oxygen atoms in total. The second kappa shape index (κ2) is 6.68. The van der Waals surface area contributed by atoms with Gasteiger partial charge in [0.15, 0.2) is 0 Å². The Morgan fingerprint density at radius 2 is 2.13 bits per heavy atom. The number of likely N-dealkylation sites (N-methyl/N-ethyl adjacent to an activating group) is 1. The van der Waals surface area contributed by atoms with Gasteiger partial charge in [-0.2, -0.15) is 0 Å². The van der Waals surface area contributed by atoms with Crippen LogP contribution in [0, 0.1) is 0 Å². The van der Waals surface area contributed by atoms with Crippen molar-refractivity contribution in [2.75, 3.05) is 13.6 Å². The van der Waals surface area contributed by atoms with Crippen LogP contribution >= 0.6 is 0 Å². The van der Waals surface area contributed by atoms with Crippen LogP contribution in [0.1, 0.15) is 47.8 Å². The van der Waals surface area contributed by atoms with Crippen LogP contribution in [0.5, 0.6) is 0 Å². The number of amides is 1. The number of nitrogens with two attached hydrogens (primary N) is 1. The minimum Gasteiger partial charge on any atom is -0.393 e. The molecule has 2 aromatic rings. The van der Waals surface area contributed by atoms with Crippen molar-refractivity contribution >= 4 is 16.9 Å². The molecule has 3 rings (SSSR count). The molecule has 1 aromatic heterocycles. The maximum Gasteiger partial charge on any atom is 0.248 e. The highest BCUT2D eigenvalue weighted by molar-refractivity contribution is 5.96. The zero-order valence-corrected chi connectivity index (χ0v) is 13.5. The molecule has 1 aliphatic rings. The van der Waals surface area contributed by atoms with Gasteiger partial charge in [0, 0.05) is 24.6 Å². The van der Waals surface area contributed by atoms with Crippen molar-refractivity contribution in [2.45, 2.75) is 44.2 Å². The summed E-state index contributed by atoms with van der Waals surface area (Å²) in [5, 5.41) is 12.9. The predicted octanol–water partition coefficient (Wildman–Crippen LogP) is 1.37. The summed E-state index contributed by atoms with van der Waals surface area (Å²) in [5.74, 6) is 0.988. The fourth-order valence-corrected chi connectivity index (χ4v) is 3.41. The number of aliphatic hydroxyl groups excluding tert-OH is 1. The maximum absolute atomic E-state index is 11.4. The van der Waals surface area contributed by atoms with Gasteiger partial charge in [0.05, 0.1) is 17.1 Å². The van der Waals surface area contributed by atoms with Crippen molar-refractivity contribution in [3.05, 3.63) is 29.6 Å². The Morgan fingerprint density at radius 3 is 2.78 bits per heavy atom. The Morgan fingerprint density at radius 1 is 1.39 bits per heavy atom. The molecule has 1 aliphatic carbocycles. The Balaban J connectivity index is 2.01. The molecule has 6 heteroatoms. The molecule has 4 N–H and O–H groups in total. The molecule has 0 radical (unpaired) electrons. The molecule has 0 bridgehead atoms. The molecule has 0 unspecified atom stereocenters. The molecule has 0 atom stereocenters. The van der Waals surface area contributed by atoms with Crippen LogP contribution < -0.4 is 11.1 Å². The number of primary amides is 1. The molecule has 1 heterocycles. The van der Waals surface area contributed by atoms with E-state index < -0.39 is 5.91 Å². The molecule has 1 fully saturated rings. The molecular formula is C17H24N4O2. The quantitative estimate of drug-likeness (QED) is 0.777. The summed E-state index contributed by atoms with van der Waals surface area (Å²) in [6, 6.07) is 5.46. The van der Waals surface area contributed by atoms with E-state index in [1.54, 1.807) is 12.1 Å². The van der Waals surface area contributed by atoms with Crippen molar-refractivity contribution < 1.29 is 9.90 Å². The van der Waals surface area contributed by atoms with Gasteiger partial charge in [0.25, 0.3) is 0 Å². The van der Waals surface area contributed by atoms with Gasteiger partial charge in [-0.05, 0) is 50.9 Å². The third kappa shape index (κ3) is 3.23. The van der Waals surface area contributed by atoms with Crippen molar-refractivity contribution in [3.8, 4) is 0 Å². The predicted molar refractivity (Wildman–Crippen MR) is 89.4 cm³/mol. The molecule has 0 aliphatic heterocycles. The first-order valence-electron chi connectivity index (χ1n) is 8.22. The minimum atomic E-state index is -0.431. The highest BCUT2D eigenvalue weighted by Crippen LogP contribution is 2.34. The second-order valence-corrected chi connectivity index (χ2v) is 6.30. The van der Waals surface area contributed by atoms with E-state index in [1.165, 1.54) is 0 Å². The van der Waals surface area contributed by atoms with Crippen molar-refractivity contribution in [1.82, 2.24) is 14.9 Å². The number of benzene rings is 1. The minimum absolute atomic E-state index is 0.178. The van der Waals surface area contributed by atoms with Crippen LogP contribution in [0.25, 0.3) is 11.0 Å². The number of fused-ring (bicyclic) bond motifs is 1. The van der Waals surface area contributed by atoms with Crippen molar-refractivity contribution in [1.29, 1.82) is 0 Å². The van der Waals surface area contributed by atoms with E-state index in [4.69, 9.17) is 10.7 Å². The van der Waals surface area contributed by atoms with E-state index in [0.29, 0.717) is 11.5 Å². The van der Waals surface area contributed by atoms with E-state index in [-0.39, 0.29) is 6.10 Å². The Bertz CT molecular complexity index is 702. The fourth-order valence-electron chi connectivity index (χ4n) is 3.41. The molecule has 1 saturated carbocycles. The largest absolute Gasteiger partial charge is 0.393 e. The smallest absolute Gasteiger partial charge is 0.248 e. The molecule has 124 valence electrons. The summed E-state index contributed by atoms with van der Waals surface area (Å²) >= 11 is 0. The topological polar surface area (TPSA) is 93.2 Å². The van der Waals surface area contributed by atoms with E-state index >= 15 is 0 Å². The standard InChI is InChI=1S/C17H24N4O2/c1-19-8-9-21-15-7-4-12(16(18)23)10-14(15)20-17(21)11-2-5-13(22)6-3-11/h4,7,10-11,13,19,22H,2-3,5-6,8-9H2,1H3,(H2,18,23). The number of carbonyl (C=O) groups excluding carboxylic acids is 1. The number of hydrogen-bond donors (Lipinski definition) is 3. The first-order valence-corrected chi connectivity index (χ1v) is 8.22. The van der Waals surface area contributed by atoms with Crippen molar-refractivity contribution in [2.24, 2.45) is 5.73 Å². The van der Waals surface area contributed by atoms with E-state index in [2.05, 4.69) is 9.88 Å². The monoisotopic (exact) mass is 316 g/mol. The van der Waals surface area contributed by atoms with Gasteiger partial charge in [-0.25, -0.2) is 4.98 Å². The molecule has 0 spiro atoms. The van der Waals surface area contributed by atoms with Crippen LogP contribution in [-0.4, -0.2) is 40.3 Å². The highest BCUT2D eigenvalue weighted by atomic mass is 16.3. The first-order chi connectivity index (χ1) is 11.1. The Labute approximate surface area is 135 Å². The van der Waals surface area contributed by atoms with E-state index in [0.717, 1.165) is 55.6 Å². The lowest BCUT2D eigenvalue weighted by molar-refractivity contribution is 0.100. The van der Waals surface area contributed by atoms with Gasteiger partial charge < -0.3 is 20.7 Å². The van der Waals surface area contributed by atoms with Gasteiger partial charge in [-0.15, -0.1) is 0 Å². The number of carbonyl (C=O) groups is 1. The molecule has 1 aromatic carbocycles. The van der Waals surface area contributed by atoms with Gasteiger partial charge in [0.1, 0.15) is 5.82 Å². The molecule has 0 saturated heterocycles. The fraction of sp³-hybridized carbons (Fsp3) is 0.529. The summed E-state index contributed by atoms with van der Waals surface area (Å²) < 4.78 is 2.24. The van der Waals surface area contributed by atoms with Gasteiger partial charge in [-0.3, -0.25) is 4.79 Å². The van der Waals surface area contributed by atoms with Gasteiger partial charge >= 0.3 is 0 Å². The zero-order valence-electron chi connectivity index (χ0n) is 13.5. The van der Waals surface area contributed by atoms with Crippen LogP contribution in [0.3, 0.4) is 0 Å². The summed E-state index contributed by atoms with van der Waals surface area (Å²) in [6.07, 6.45) is 3.38. The number of rotatable bonds is 5. The van der Waals surface area contributed by atoms with Crippen LogP contribution in [0.2, 0.25) is 0 Å². The molecule has 1 amide bonds. The summed E-state index contributed by atoms with van der Waals surface area (Å²) in [4.78, 5) is 16.2. The molecule has 23 heavy (non-hydrogen) atoms. The third-order valence-electron chi connectivity index (χ3n) is 4.71. The van der Waals surface area contributed by atoms with Gasteiger partial charge in [-0.1, -0.05) is 0 Å². The summed E-state index contributed by atoms with van der Waals surface area (Å²) in [5.41, 5.74) is 7.72. The van der Waals surface area contributed by atoms with Crippen molar-refractivity contribution in [3.63, 3.8) is 0 Å². The Kier molecular flexibility index (Phi) is 4.63. The normalized spacial score (nSPS) is 21.7. The highest BCUT2D eigenvalue weighted by Gasteiger charge is 2.25. The second-order valence-electron chi connectivity index (χ2n) is 6.30. The SMILES string of the molecule is CNCCn1c(C2CCC(O)CC2)nc2cc(C(N)=O)ccc21. The lowest BCUT2D eigenvalue weighted by Gasteiger charge is -2.25. The lowest BCUT2D eigenvalue weighted by atomic mass is 9.87.